The van der Waals surface area contributed by atoms with Crippen molar-refractivity contribution in [3.05, 3.63) is 95.8 Å². The van der Waals surface area contributed by atoms with Crippen LogP contribution in [0.25, 0.3) is 38.2 Å². The third-order valence-electron chi connectivity index (χ3n) is 5.96. The maximum atomic E-state index is 6.23. The number of nitrogens with zero attached hydrogens (tertiary/aromatic N) is 2. The second kappa shape index (κ2) is 6.96. The van der Waals surface area contributed by atoms with E-state index in [0.717, 1.165) is 22.3 Å². The second-order valence-corrected chi connectivity index (χ2v) is 8.89. The van der Waals surface area contributed by atoms with Crippen LogP contribution in [0.5, 0.6) is 5.75 Å². The summed E-state index contributed by atoms with van der Waals surface area (Å²) in [7, 11) is 4.20. The van der Waals surface area contributed by atoms with Gasteiger partial charge in [0.2, 0.25) is 11.4 Å². The van der Waals surface area contributed by atoms with Gasteiger partial charge in [-0.3, -0.25) is 0 Å². The number of hydrogen-bond donors (Lipinski definition) is 0. The molecule has 6 rings (SSSR count). The summed E-state index contributed by atoms with van der Waals surface area (Å²) in [4.78, 5) is 2.13. The van der Waals surface area contributed by atoms with Gasteiger partial charge in [0.25, 0.3) is 5.01 Å². The number of rotatable bonds is 2. The molecule has 150 valence electrons. The SMILES string of the molecule is CN1C(=Cc2sc3ccc4ccccc4c3[n+]2C)Oc2ccc(-c3ccccc3)cc21. The fourth-order valence-electron chi connectivity index (χ4n) is 4.29. The van der Waals surface area contributed by atoms with Gasteiger partial charge in [-0.25, -0.2) is 0 Å². The third-order valence-corrected chi connectivity index (χ3v) is 7.11. The lowest BCUT2D eigenvalue weighted by Crippen LogP contribution is -2.29. The standard InChI is InChI=1S/C27H21N2OS/c1-28-22-16-20(18-8-4-3-5-9-18)12-14-23(22)30-25(28)17-26-29(2)27-21-11-7-6-10-19(21)13-15-24(27)31-26/h3-17H,1-2H3/q+1. The van der Waals surface area contributed by atoms with E-state index in [1.807, 2.05) is 6.07 Å². The van der Waals surface area contributed by atoms with Crippen molar-refractivity contribution in [2.45, 2.75) is 0 Å². The summed E-state index contributed by atoms with van der Waals surface area (Å²) >= 11 is 1.79. The van der Waals surface area contributed by atoms with Gasteiger partial charge in [0.05, 0.1) is 17.1 Å². The van der Waals surface area contributed by atoms with Crippen molar-refractivity contribution in [1.29, 1.82) is 0 Å². The zero-order valence-corrected chi connectivity index (χ0v) is 18.2. The monoisotopic (exact) mass is 421 g/mol. The number of aryl methyl sites for hydroxylation is 1. The number of fused-ring (bicyclic) bond motifs is 4. The first-order valence-electron chi connectivity index (χ1n) is 10.3. The summed E-state index contributed by atoms with van der Waals surface area (Å²) in [5.74, 6) is 1.73. The molecule has 1 aliphatic heterocycles. The van der Waals surface area contributed by atoms with E-state index >= 15 is 0 Å². The average molecular weight is 422 g/mol. The second-order valence-electron chi connectivity index (χ2n) is 7.82. The van der Waals surface area contributed by atoms with Crippen LogP contribution in [-0.2, 0) is 7.05 Å². The van der Waals surface area contributed by atoms with Crippen molar-refractivity contribution >= 4 is 44.1 Å². The third kappa shape index (κ3) is 2.91. The first-order valence-corrected chi connectivity index (χ1v) is 11.1. The fourth-order valence-corrected chi connectivity index (χ4v) is 5.38. The summed E-state index contributed by atoms with van der Waals surface area (Å²) in [5.41, 5.74) is 4.75. The molecule has 0 spiro atoms. The number of thiazole rings is 1. The lowest BCUT2D eigenvalue weighted by molar-refractivity contribution is -0.641. The minimum absolute atomic E-state index is 0.840. The Hall–Kier alpha value is -3.63. The molecule has 5 aromatic rings. The summed E-state index contributed by atoms with van der Waals surface area (Å²) in [6, 6.07) is 29.8. The zero-order valence-electron chi connectivity index (χ0n) is 17.4. The van der Waals surface area contributed by atoms with Crippen LogP contribution in [0.4, 0.5) is 5.69 Å². The molecule has 3 nitrogen and oxygen atoms in total. The van der Waals surface area contributed by atoms with Crippen LogP contribution in [0.1, 0.15) is 5.01 Å². The molecule has 0 N–H and O–H groups in total. The van der Waals surface area contributed by atoms with Gasteiger partial charge in [-0.15, -0.1) is 0 Å². The summed E-state index contributed by atoms with van der Waals surface area (Å²) in [6.07, 6.45) is 2.14. The number of hydrogen-bond acceptors (Lipinski definition) is 3. The van der Waals surface area contributed by atoms with Crippen LogP contribution in [0.2, 0.25) is 0 Å². The number of aromatic nitrogens is 1. The van der Waals surface area contributed by atoms with Crippen molar-refractivity contribution in [2.75, 3.05) is 11.9 Å². The summed E-state index contributed by atoms with van der Waals surface area (Å²) in [5, 5.41) is 3.70. The average Bonchev–Trinajstić information content (AvgIpc) is 3.31. The van der Waals surface area contributed by atoms with Crippen molar-refractivity contribution in [3.63, 3.8) is 0 Å². The van der Waals surface area contributed by atoms with Gasteiger partial charge in [-0.2, -0.15) is 4.57 Å². The minimum Gasteiger partial charge on any atom is -0.438 e. The summed E-state index contributed by atoms with van der Waals surface area (Å²) < 4.78 is 9.78. The Morgan fingerprint density at radius 3 is 2.55 bits per heavy atom. The van der Waals surface area contributed by atoms with Gasteiger partial charge in [-0.1, -0.05) is 72.0 Å². The van der Waals surface area contributed by atoms with Gasteiger partial charge < -0.3 is 9.64 Å². The Kier molecular flexibility index (Phi) is 4.08. The lowest BCUT2D eigenvalue weighted by atomic mass is 10.0. The highest BCUT2D eigenvalue weighted by molar-refractivity contribution is 7.19. The van der Waals surface area contributed by atoms with Gasteiger partial charge in [0.15, 0.2) is 5.75 Å². The maximum absolute atomic E-state index is 6.23. The van der Waals surface area contributed by atoms with Crippen molar-refractivity contribution in [1.82, 2.24) is 0 Å². The maximum Gasteiger partial charge on any atom is 0.267 e. The number of benzene rings is 4. The van der Waals surface area contributed by atoms with Crippen LogP contribution in [0.15, 0.2) is 90.8 Å². The number of ether oxygens (including phenoxy) is 1. The Bertz CT molecular complexity index is 1480. The molecule has 0 saturated heterocycles. The largest absolute Gasteiger partial charge is 0.438 e. The van der Waals surface area contributed by atoms with E-state index in [1.165, 1.54) is 32.1 Å². The van der Waals surface area contributed by atoms with E-state index in [9.17, 15) is 0 Å². The van der Waals surface area contributed by atoms with Gasteiger partial charge >= 0.3 is 0 Å². The molecule has 4 heteroatoms. The van der Waals surface area contributed by atoms with E-state index < -0.39 is 0 Å². The van der Waals surface area contributed by atoms with E-state index in [-0.39, 0.29) is 0 Å². The minimum atomic E-state index is 0.840. The highest BCUT2D eigenvalue weighted by atomic mass is 32.1. The summed E-state index contributed by atoms with van der Waals surface area (Å²) in [6.45, 7) is 0. The molecular weight excluding hydrogens is 400 g/mol. The van der Waals surface area contributed by atoms with E-state index in [0.29, 0.717) is 0 Å². The molecule has 0 amide bonds. The topological polar surface area (TPSA) is 16.4 Å². The Morgan fingerprint density at radius 1 is 0.871 bits per heavy atom. The van der Waals surface area contributed by atoms with Gasteiger partial charge in [0, 0.05) is 7.05 Å². The van der Waals surface area contributed by atoms with Crippen molar-refractivity contribution < 1.29 is 9.30 Å². The van der Waals surface area contributed by atoms with Crippen LogP contribution >= 0.6 is 11.3 Å². The molecule has 0 radical (unpaired) electrons. The molecule has 0 atom stereocenters. The Balaban J connectivity index is 1.42. The molecule has 0 unspecified atom stereocenters. The molecule has 1 aromatic heterocycles. The lowest BCUT2D eigenvalue weighted by Gasteiger charge is -2.11. The fraction of sp³-hybridized carbons (Fsp3) is 0.0741. The van der Waals surface area contributed by atoms with Gasteiger partial charge in [0.1, 0.15) is 11.7 Å². The first kappa shape index (κ1) is 18.2. The molecule has 4 aromatic carbocycles. The van der Waals surface area contributed by atoms with Crippen molar-refractivity contribution in [3.8, 4) is 16.9 Å². The van der Waals surface area contributed by atoms with E-state index in [1.54, 1.807) is 11.3 Å². The zero-order chi connectivity index (χ0) is 20.9. The molecule has 31 heavy (non-hydrogen) atoms. The number of anilines is 1. The Morgan fingerprint density at radius 2 is 1.68 bits per heavy atom. The quantitative estimate of drug-likeness (QED) is 0.308. The first-order chi connectivity index (χ1) is 15.2. The molecule has 0 saturated carbocycles. The van der Waals surface area contributed by atoms with Crippen LogP contribution < -0.4 is 14.2 Å². The van der Waals surface area contributed by atoms with Crippen LogP contribution in [0.3, 0.4) is 0 Å². The molecular formula is C27H21N2OS+. The van der Waals surface area contributed by atoms with Crippen molar-refractivity contribution in [2.24, 2.45) is 7.05 Å². The molecule has 0 aliphatic carbocycles. The highest BCUT2D eigenvalue weighted by Crippen LogP contribution is 2.41. The molecule has 0 bridgehead atoms. The van der Waals surface area contributed by atoms with Gasteiger partial charge in [-0.05, 0) is 40.8 Å². The highest BCUT2D eigenvalue weighted by Gasteiger charge is 2.26. The van der Waals surface area contributed by atoms with E-state index in [4.69, 9.17) is 4.74 Å². The predicted molar refractivity (Wildman–Crippen MR) is 129 cm³/mol. The van der Waals surface area contributed by atoms with E-state index in [2.05, 4.69) is 109 Å². The molecule has 0 fully saturated rings. The molecule has 1 aliphatic rings. The normalized spacial score (nSPS) is 14.4. The van der Waals surface area contributed by atoms with Crippen LogP contribution in [-0.4, -0.2) is 7.05 Å². The molecule has 2 heterocycles. The Labute approximate surface area is 185 Å². The smallest absolute Gasteiger partial charge is 0.267 e. The predicted octanol–water partition coefficient (Wildman–Crippen LogP) is 6.37. The van der Waals surface area contributed by atoms with Crippen LogP contribution in [0, 0.1) is 0 Å².